The van der Waals surface area contributed by atoms with E-state index < -0.39 is 10.0 Å². The maximum atomic E-state index is 13.2. The quantitative estimate of drug-likeness (QED) is 0.499. The van der Waals surface area contributed by atoms with Gasteiger partial charge in [-0.15, -0.1) is 0 Å². The minimum Gasteiger partial charge on any atom is -0.336 e. The third kappa shape index (κ3) is 6.22. The number of rotatable bonds is 7. The lowest BCUT2D eigenvalue weighted by atomic mass is 10.1. The number of piperazine rings is 1. The Hall–Kier alpha value is -3.42. The molecule has 1 amide bonds. The molecule has 0 radical (unpaired) electrons. The summed E-state index contributed by atoms with van der Waals surface area (Å²) in [6.07, 6.45) is 4.25. The fraction of sp³-hybridized carbons (Fsp3) is 0.276. The molecule has 36 heavy (non-hydrogen) atoms. The Labute approximate surface area is 214 Å². The number of nitrogens with zero attached hydrogens (tertiary/aromatic N) is 2. The number of hydrogen-bond donors (Lipinski definition) is 1. The maximum Gasteiger partial charge on any atom is 0.262 e. The molecule has 0 saturated carbocycles. The van der Waals surface area contributed by atoms with Crippen LogP contribution < -0.4 is 4.72 Å². The molecule has 0 unspecified atom stereocenters. The van der Waals surface area contributed by atoms with Crippen molar-refractivity contribution in [3.05, 3.63) is 101 Å². The van der Waals surface area contributed by atoms with Crippen molar-refractivity contribution >= 4 is 27.7 Å². The fourth-order valence-corrected chi connectivity index (χ4v) is 5.77. The van der Waals surface area contributed by atoms with Gasteiger partial charge in [0.05, 0.1) is 10.6 Å². The van der Waals surface area contributed by atoms with Crippen molar-refractivity contribution in [1.29, 1.82) is 0 Å². The number of aryl methyl sites for hydroxylation is 3. The molecule has 6 nitrogen and oxygen atoms in total. The predicted molar refractivity (Wildman–Crippen MR) is 146 cm³/mol. The molecular weight excluding hydrogens is 470 g/mol. The molecule has 0 bridgehead atoms. The van der Waals surface area contributed by atoms with Crippen LogP contribution in [0.1, 0.15) is 32.6 Å². The topological polar surface area (TPSA) is 69.7 Å². The van der Waals surface area contributed by atoms with Crippen LogP contribution in [0, 0.1) is 20.8 Å². The minimum absolute atomic E-state index is 0.123. The van der Waals surface area contributed by atoms with Gasteiger partial charge in [0.15, 0.2) is 0 Å². The highest BCUT2D eigenvalue weighted by Crippen LogP contribution is 2.24. The van der Waals surface area contributed by atoms with E-state index in [1.807, 2.05) is 44.2 Å². The van der Waals surface area contributed by atoms with Gasteiger partial charge in [-0.25, -0.2) is 8.42 Å². The van der Waals surface area contributed by atoms with Crippen molar-refractivity contribution in [2.24, 2.45) is 0 Å². The number of sulfonamides is 1. The molecule has 7 heteroatoms. The Bertz CT molecular complexity index is 1360. The highest BCUT2D eigenvalue weighted by Gasteiger charge is 2.24. The number of hydrogen-bond acceptors (Lipinski definition) is 4. The van der Waals surface area contributed by atoms with Gasteiger partial charge in [-0.3, -0.25) is 14.4 Å². The first-order valence-corrected chi connectivity index (χ1v) is 13.7. The smallest absolute Gasteiger partial charge is 0.262 e. The highest BCUT2D eigenvalue weighted by atomic mass is 32.2. The van der Waals surface area contributed by atoms with Crippen molar-refractivity contribution in [3.63, 3.8) is 0 Å². The Morgan fingerprint density at radius 2 is 1.61 bits per heavy atom. The van der Waals surface area contributed by atoms with Gasteiger partial charge in [-0.2, -0.15) is 0 Å². The Morgan fingerprint density at radius 1 is 0.889 bits per heavy atom. The molecule has 1 aliphatic rings. The van der Waals surface area contributed by atoms with E-state index in [-0.39, 0.29) is 10.8 Å². The van der Waals surface area contributed by atoms with E-state index in [2.05, 4.69) is 33.9 Å². The zero-order valence-corrected chi connectivity index (χ0v) is 21.9. The van der Waals surface area contributed by atoms with Crippen molar-refractivity contribution in [2.45, 2.75) is 25.7 Å². The molecule has 1 heterocycles. The predicted octanol–water partition coefficient (Wildman–Crippen LogP) is 4.88. The molecule has 4 rings (SSSR count). The Kier molecular flexibility index (Phi) is 7.91. The van der Waals surface area contributed by atoms with Gasteiger partial charge in [-0.05, 0) is 55.7 Å². The first kappa shape index (κ1) is 25.7. The molecule has 0 aromatic heterocycles. The molecule has 1 aliphatic heterocycles. The molecule has 1 saturated heterocycles. The van der Waals surface area contributed by atoms with Gasteiger partial charge in [-0.1, -0.05) is 66.2 Å². The van der Waals surface area contributed by atoms with Crippen LogP contribution in [0.3, 0.4) is 0 Å². The standard InChI is InChI=1S/C29H33N3O3S/c1-22-11-14-27(24(3)20-22)30-36(34,35)28-21-26(13-12-23(28)2)29(33)32-18-16-31(17-19-32)15-7-10-25-8-5-4-6-9-25/h4-14,20-21,30H,15-19H2,1-3H3/b10-7+. The summed E-state index contributed by atoms with van der Waals surface area (Å²) < 4.78 is 29.1. The Balaban J connectivity index is 1.41. The number of amides is 1. The van der Waals surface area contributed by atoms with Gasteiger partial charge in [0.25, 0.3) is 15.9 Å². The van der Waals surface area contributed by atoms with Crippen molar-refractivity contribution in [3.8, 4) is 0 Å². The number of carbonyl (C=O) groups excluding carboxylic acids is 1. The zero-order valence-electron chi connectivity index (χ0n) is 21.1. The van der Waals surface area contributed by atoms with Crippen LogP contribution in [0.2, 0.25) is 0 Å². The second kappa shape index (κ2) is 11.1. The molecule has 1 fully saturated rings. The van der Waals surface area contributed by atoms with Crippen LogP contribution in [-0.2, 0) is 10.0 Å². The summed E-state index contributed by atoms with van der Waals surface area (Å²) in [5, 5.41) is 0. The number of nitrogens with one attached hydrogen (secondary N) is 1. The average Bonchev–Trinajstić information content (AvgIpc) is 2.86. The summed E-state index contributed by atoms with van der Waals surface area (Å²) in [5.74, 6) is -0.141. The van der Waals surface area contributed by atoms with Crippen molar-refractivity contribution in [1.82, 2.24) is 9.80 Å². The lowest BCUT2D eigenvalue weighted by molar-refractivity contribution is 0.0650. The number of benzene rings is 3. The van der Waals surface area contributed by atoms with Crippen LogP contribution in [0.5, 0.6) is 0 Å². The second-order valence-electron chi connectivity index (χ2n) is 9.31. The van der Waals surface area contributed by atoms with Gasteiger partial charge in [0, 0.05) is 38.3 Å². The van der Waals surface area contributed by atoms with Gasteiger partial charge >= 0.3 is 0 Å². The van der Waals surface area contributed by atoms with Crippen LogP contribution in [-0.4, -0.2) is 56.8 Å². The second-order valence-corrected chi connectivity index (χ2v) is 11.0. The first-order chi connectivity index (χ1) is 17.2. The average molecular weight is 504 g/mol. The summed E-state index contributed by atoms with van der Waals surface area (Å²) in [4.78, 5) is 17.5. The van der Waals surface area contributed by atoms with E-state index in [4.69, 9.17) is 0 Å². The van der Waals surface area contributed by atoms with Crippen molar-refractivity contribution in [2.75, 3.05) is 37.4 Å². The molecule has 3 aromatic carbocycles. The molecular formula is C29H33N3O3S. The monoisotopic (exact) mass is 503 g/mol. The largest absolute Gasteiger partial charge is 0.336 e. The van der Waals surface area contributed by atoms with E-state index in [9.17, 15) is 13.2 Å². The van der Waals surface area contributed by atoms with Crippen LogP contribution in [0.15, 0.2) is 77.7 Å². The summed E-state index contributed by atoms with van der Waals surface area (Å²) in [6, 6.07) is 20.7. The summed E-state index contributed by atoms with van der Waals surface area (Å²) in [5.41, 5.74) is 4.60. The third-order valence-corrected chi connectivity index (χ3v) is 7.99. The van der Waals surface area contributed by atoms with Crippen LogP contribution >= 0.6 is 0 Å². The van der Waals surface area contributed by atoms with Crippen molar-refractivity contribution < 1.29 is 13.2 Å². The zero-order chi connectivity index (χ0) is 25.7. The van der Waals surface area contributed by atoms with E-state index in [0.29, 0.717) is 29.9 Å². The van der Waals surface area contributed by atoms with Crippen LogP contribution in [0.4, 0.5) is 5.69 Å². The molecule has 188 valence electrons. The first-order valence-electron chi connectivity index (χ1n) is 12.2. The van der Waals surface area contributed by atoms with Crippen LogP contribution in [0.25, 0.3) is 6.08 Å². The normalized spacial score (nSPS) is 14.8. The molecule has 0 aliphatic carbocycles. The summed E-state index contributed by atoms with van der Waals surface area (Å²) >= 11 is 0. The van der Waals surface area contributed by atoms with E-state index in [1.54, 1.807) is 30.0 Å². The molecule has 1 N–H and O–H groups in total. The third-order valence-electron chi connectivity index (χ3n) is 6.48. The highest BCUT2D eigenvalue weighted by molar-refractivity contribution is 7.92. The van der Waals surface area contributed by atoms with E-state index in [0.717, 1.165) is 30.8 Å². The SMILES string of the molecule is Cc1ccc(NS(=O)(=O)c2cc(C(=O)N3CCN(C/C=C/c4ccccc4)CC3)ccc2C)c(C)c1. The summed E-state index contributed by atoms with van der Waals surface area (Å²) in [6.45, 7) is 9.16. The number of carbonyl (C=O) groups is 1. The molecule has 0 atom stereocenters. The van der Waals surface area contributed by atoms with Gasteiger partial charge in [0.1, 0.15) is 0 Å². The van der Waals surface area contributed by atoms with E-state index >= 15 is 0 Å². The fourth-order valence-electron chi connectivity index (χ4n) is 4.37. The Morgan fingerprint density at radius 3 is 2.31 bits per heavy atom. The summed E-state index contributed by atoms with van der Waals surface area (Å²) in [7, 11) is -3.84. The molecule has 3 aromatic rings. The lowest BCUT2D eigenvalue weighted by Gasteiger charge is -2.34. The van der Waals surface area contributed by atoms with Gasteiger partial charge < -0.3 is 4.90 Å². The molecule has 0 spiro atoms. The number of anilines is 1. The maximum absolute atomic E-state index is 13.2. The van der Waals surface area contributed by atoms with E-state index in [1.165, 1.54) is 11.6 Å². The lowest BCUT2D eigenvalue weighted by Crippen LogP contribution is -2.48. The minimum atomic E-state index is -3.84. The van der Waals surface area contributed by atoms with Gasteiger partial charge in [0.2, 0.25) is 0 Å².